The summed E-state index contributed by atoms with van der Waals surface area (Å²) in [7, 11) is 1.60. The fourth-order valence-electron chi connectivity index (χ4n) is 4.43. The zero-order valence-corrected chi connectivity index (χ0v) is 20.6. The van der Waals surface area contributed by atoms with Gasteiger partial charge >= 0.3 is 0 Å². The quantitative estimate of drug-likeness (QED) is 0.262. The summed E-state index contributed by atoms with van der Waals surface area (Å²) < 4.78 is 5.24. The standard InChI is InChI=1S/C30H31NO4/c1-5-20-6-10-24(11-7-20)28(32)26-27(23-14-12-22(13-15-23)19(2)3)31(30(34)29(26)33)18-21-8-16-25(35-4)17-9-21/h6-17,19,27,32H,5,18H2,1-4H3/b28-26-. The van der Waals surface area contributed by atoms with Gasteiger partial charge < -0.3 is 14.7 Å². The molecule has 0 aromatic heterocycles. The number of likely N-dealkylation sites (tertiary alicyclic amines) is 1. The molecule has 1 saturated heterocycles. The molecule has 0 saturated carbocycles. The van der Waals surface area contributed by atoms with Gasteiger partial charge in [0.2, 0.25) is 0 Å². The number of ether oxygens (including phenoxy) is 1. The van der Waals surface area contributed by atoms with Crippen molar-refractivity contribution in [2.75, 3.05) is 7.11 Å². The first-order valence-corrected chi connectivity index (χ1v) is 11.9. The second-order valence-corrected chi connectivity index (χ2v) is 9.15. The Morgan fingerprint density at radius 2 is 1.51 bits per heavy atom. The van der Waals surface area contributed by atoms with E-state index in [9.17, 15) is 14.7 Å². The minimum absolute atomic E-state index is 0.116. The van der Waals surface area contributed by atoms with Crippen molar-refractivity contribution >= 4 is 17.4 Å². The van der Waals surface area contributed by atoms with E-state index in [1.807, 2.05) is 60.7 Å². The number of rotatable bonds is 7. The maximum atomic E-state index is 13.3. The number of benzene rings is 3. The summed E-state index contributed by atoms with van der Waals surface area (Å²) in [4.78, 5) is 28.1. The molecule has 1 aliphatic heterocycles. The van der Waals surface area contributed by atoms with Gasteiger partial charge in [0.15, 0.2) is 0 Å². The predicted octanol–water partition coefficient (Wildman–Crippen LogP) is 6.00. The summed E-state index contributed by atoms with van der Waals surface area (Å²) in [6, 6.07) is 22.1. The molecule has 5 heteroatoms. The number of carbonyl (C=O) groups excluding carboxylic acids is 2. The first-order valence-electron chi connectivity index (χ1n) is 11.9. The van der Waals surface area contributed by atoms with Gasteiger partial charge in [0.25, 0.3) is 11.7 Å². The van der Waals surface area contributed by atoms with E-state index in [2.05, 4.69) is 20.8 Å². The molecule has 180 valence electrons. The van der Waals surface area contributed by atoms with Gasteiger partial charge in [-0.2, -0.15) is 0 Å². The van der Waals surface area contributed by atoms with Crippen LogP contribution in [0.4, 0.5) is 0 Å². The number of aliphatic hydroxyl groups is 1. The number of amides is 1. The van der Waals surface area contributed by atoms with Crippen LogP contribution in [0.15, 0.2) is 78.4 Å². The number of nitrogens with zero attached hydrogens (tertiary/aromatic N) is 1. The molecule has 0 aliphatic carbocycles. The van der Waals surface area contributed by atoms with Crippen molar-refractivity contribution in [3.8, 4) is 5.75 Å². The highest BCUT2D eigenvalue weighted by molar-refractivity contribution is 6.46. The summed E-state index contributed by atoms with van der Waals surface area (Å²) in [6.45, 7) is 6.52. The van der Waals surface area contributed by atoms with Gasteiger partial charge in [0.1, 0.15) is 11.5 Å². The fourth-order valence-corrected chi connectivity index (χ4v) is 4.43. The third-order valence-electron chi connectivity index (χ3n) is 6.61. The Morgan fingerprint density at radius 3 is 2.06 bits per heavy atom. The molecule has 0 spiro atoms. The number of methoxy groups -OCH3 is 1. The van der Waals surface area contributed by atoms with E-state index in [1.54, 1.807) is 24.1 Å². The molecule has 4 rings (SSSR count). The highest BCUT2D eigenvalue weighted by Crippen LogP contribution is 2.40. The van der Waals surface area contributed by atoms with E-state index in [1.165, 1.54) is 0 Å². The number of aryl methyl sites for hydroxylation is 1. The first kappa shape index (κ1) is 24.3. The van der Waals surface area contributed by atoms with Crippen molar-refractivity contribution in [3.63, 3.8) is 0 Å². The van der Waals surface area contributed by atoms with Gasteiger partial charge in [-0.25, -0.2) is 0 Å². The normalized spacial score (nSPS) is 17.3. The smallest absolute Gasteiger partial charge is 0.295 e. The van der Waals surface area contributed by atoms with Gasteiger partial charge in [-0.15, -0.1) is 0 Å². The Kier molecular flexibility index (Phi) is 7.06. The van der Waals surface area contributed by atoms with Crippen molar-refractivity contribution < 1.29 is 19.4 Å². The van der Waals surface area contributed by atoms with E-state index < -0.39 is 17.7 Å². The van der Waals surface area contributed by atoms with Gasteiger partial charge in [-0.05, 0) is 46.7 Å². The minimum Gasteiger partial charge on any atom is -0.507 e. The largest absolute Gasteiger partial charge is 0.507 e. The predicted molar refractivity (Wildman–Crippen MR) is 137 cm³/mol. The van der Waals surface area contributed by atoms with Crippen molar-refractivity contribution in [2.45, 2.75) is 45.7 Å². The molecule has 1 N–H and O–H groups in total. The first-order chi connectivity index (χ1) is 16.8. The van der Waals surface area contributed by atoms with E-state index in [0.29, 0.717) is 17.2 Å². The molecule has 0 radical (unpaired) electrons. The van der Waals surface area contributed by atoms with E-state index in [4.69, 9.17) is 4.74 Å². The lowest BCUT2D eigenvalue weighted by atomic mass is 9.93. The molecule has 1 fully saturated rings. The lowest BCUT2D eigenvalue weighted by Crippen LogP contribution is -2.29. The monoisotopic (exact) mass is 469 g/mol. The van der Waals surface area contributed by atoms with E-state index >= 15 is 0 Å². The topological polar surface area (TPSA) is 66.8 Å². The zero-order chi connectivity index (χ0) is 25.1. The second-order valence-electron chi connectivity index (χ2n) is 9.15. The van der Waals surface area contributed by atoms with Crippen LogP contribution in [0.1, 0.15) is 60.5 Å². The number of Topliss-reactive ketones (excluding diaryl/α,β-unsaturated/α-hetero) is 1. The zero-order valence-electron chi connectivity index (χ0n) is 20.6. The maximum absolute atomic E-state index is 13.3. The van der Waals surface area contributed by atoms with Gasteiger partial charge in [0, 0.05) is 12.1 Å². The number of ketones is 1. The van der Waals surface area contributed by atoms with Crippen LogP contribution in [0.3, 0.4) is 0 Å². The molecule has 5 nitrogen and oxygen atoms in total. The molecule has 3 aromatic rings. The molecular formula is C30H31NO4. The van der Waals surface area contributed by atoms with E-state index in [0.717, 1.165) is 28.7 Å². The average molecular weight is 470 g/mol. The lowest BCUT2D eigenvalue weighted by Gasteiger charge is -2.26. The SMILES string of the molecule is CCc1ccc(/C(O)=C2/C(=O)C(=O)N(Cc3ccc(OC)cc3)C2c2ccc(C(C)C)cc2)cc1. The highest BCUT2D eigenvalue weighted by atomic mass is 16.5. The third-order valence-corrected chi connectivity index (χ3v) is 6.61. The van der Waals surface area contributed by atoms with Crippen molar-refractivity contribution in [1.82, 2.24) is 4.90 Å². The summed E-state index contributed by atoms with van der Waals surface area (Å²) in [5, 5.41) is 11.3. The van der Waals surface area contributed by atoms with Crippen LogP contribution in [-0.4, -0.2) is 28.8 Å². The van der Waals surface area contributed by atoms with Crippen LogP contribution in [0, 0.1) is 0 Å². The van der Waals surface area contributed by atoms with Gasteiger partial charge in [-0.1, -0.05) is 81.4 Å². The Hall–Kier alpha value is -3.86. The molecule has 0 bridgehead atoms. The summed E-state index contributed by atoms with van der Waals surface area (Å²) in [5.74, 6) is -0.376. The summed E-state index contributed by atoms with van der Waals surface area (Å²) in [5.41, 5.74) is 4.58. The number of aliphatic hydroxyl groups excluding tert-OH is 1. The Morgan fingerprint density at radius 1 is 0.914 bits per heavy atom. The van der Waals surface area contributed by atoms with Crippen LogP contribution in [0.5, 0.6) is 5.75 Å². The number of carbonyl (C=O) groups is 2. The van der Waals surface area contributed by atoms with Crippen LogP contribution in [-0.2, 0) is 22.6 Å². The van der Waals surface area contributed by atoms with Crippen LogP contribution >= 0.6 is 0 Å². The van der Waals surface area contributed by atoms with Crippen molar-refractivity contribution in [1.29, 1.82) is 0 Å². The Labute approximate surface area is 206 Å². The minimum atomic E-state index is -0.691. The molecular weight excluding hydrogens is 438 g/mol. The summed E-state index contributed by atoms with van der Waals surface area (Å²) in [6.07, 6.45) is 0.871. The lowest BCUT2D eigenvalue weighted by molar-refractivity contribution is -0.140. The van der Waals surface area contributed by atoms with Crippen LogP contribution < -0.4 is 4.74 Å². The number of hydrogen-bond donors (Lipinski definition) is 1. The molecule has 1 atom stereocenters. The molecule has 1 amide bonds. The molecule has 3 aromatic carbocycles. The van der Waals surface area contributed by atoms with E-state index in [-0.39, 0.29) is 17.9 Å². The van der Waals surface area contributed by atoms with Crippen LogP contribution in [0.2, 0.25) is 0 Å². The molecule has 35 heavy (non-hydrogen) atoms. The second kappa shape index (κ2) is 10.2. The van der Waals surface area contributed by atoms with Gasteiger partial charge in [0.05, 0.1) is 18.7 Å². The molecule has 1 heterocycles. The summed E-state index contributed by atoms with van der Waals surface area (Å²) >= 11 is 0. The molecule has 1 aliphatic rings. The maximum Gasteiger partial charge on any atom is 0.295 e. The van der Waals surface area contributed by atoms with Crippen LogP contribution in [0.25, 0.3) is 5.76 Å². The van der Waals surface area contributed by atoms with Gasteiger partial charge in [-0.3, -0.25) is 9.59 Å². The molecule has 1 unspecified atom stereocenters. The average Bonchev–Trinajstić information content (AvgIpc) is 3.13. The Bertz CT molecular complexity index is 1240. The fraction of sp³-hybridized carbons (Fsp3) is 0.267. The Balaban J connectivity index is 1.81. The third kappa shape index (κ3) is 4.85. The van der Waals surface area contributed by atoms with Crippen molar-refractivity contribution in [2.24, 2.45) is 0 Å². The van der Waals surface area contributed by atoms with Crippen molar-refractivity contribution in [3.05, 3.63) is 106 Å². The number of hydrogen-bond acceptors (Lipinski definition) is 4. The highest BCUT2D eigenvalue weighted by Gasteiger charge is 2.46.